The zero-order valence-corrected chi connectivity index (χ0v) is 8.14. The van der Waals surface area contributed by atoms with Gasteiger partial charge in [0.1, 0.15) is 0 Å². The van der Waals surface area contributed by atoms with Crippen molar-refractivity contribution in [2.75, 3.05) is 13.2 Å². The SMILES string of the molecule is NC1(c2ccc(C(=O)O)cn2)CCOC1. The van der Waals surface area contributed by atoms with Crippen molar-refractivity contribution in [3.63, 3.8) is 0 Å². The summed E-state index contributed by atoms with van der Waals surface area (Å²) in [5.41, 5.74) is 6.37. The summed E-state index contributed by atoms with van der Waals surface area (Å²) in [5.74, 6) is -0.984. The molecule has 1 aromatic rings. The van der Waals surface area contributed by atoms with E-state index in [4.69, 9.17) is 15.6 Å². The predicted octanol–water partition coefficient (Wildman–Crippen LogP) is 0.354. The van der Waals surface area contributed by atoms with Gasteiger partial charge in [0.15, 0.2) is 0 Å². The Hall–Kier alpha value is -1.46. The highest BCUT2D eigenvalue weighted by atomic mass is 16.5. The quantitative estimate of drug-likeness (QED) is 0.732. The van der Waals surface area contributed by atoms with Crippen molar-refractivity contribution >= 4 is 5.97 Å². The fourth-order valence-corrected chi connectivity index (χ4v) is 1.60. The van der Waals surface area contributed by atoms with Gasteiger partial charge in [-0.3, -0.25) is 4.98 Å². The van der Waals surface area contributed by atoms with Crippen molar-refractivity contribution in [3.05, 3.63) is 29.6 Å². The fourth-order valence-electron chi connectivity index (χ4n) is 1.60. The van der Waals surface area contributed by atoms with Crippen molar-refractivity contribution in [3.8, 4) is 0 Å². The van der Waals surface area contributed by atoms with Gasteiger partial charge in [-0.2, -0.15) is 0 Å². The molecule has 0 aliphatic carbocycles. The van der Waals surface area contributed by atoms with E-state index in [9.17, 15) is 4.79 Å². The van der Waals surface area contributed by atoms with Gasteiger partial charge >= 0.3 is 5.97 Å². The number of rotatable bonds is 2. The van der Waals surface area contributed by atoms with Crippen molar-refractivity contribution in [2.45, 2.75) is 12.0 Å². The second-order valence-corrected chi connectivity index (χ2v) is 3.70. The van der Waals surface area contributed by atoms with E-state index < -0.39 is 11.5 Å². The smallest absolute Gasteiger partial charge is 0.337 e. The summed E-state index contributed by atoms with van der Waals surface area (Å²) in [6.07, 6.45) is 2.04. The van der Waals surface area contributed by atoms with Crippen molar-refractivity contribution < 1.29 is 14.6 Å². The summed E-state index contributed by atoms with van der Waals surface area (Å²) in [7, 11) is 0. The number of hydrogen-bond acceptors (Lipinski definition) is 4. The van der Waals surface area contributed by atoms with Crippen LogP contribution in [0.5, 0.6) is 0 Å². The summed E-state index contributed by atoms with van der Waals surface area (Å²) in [5, 5.41) is 8.71. The molecule has 5 nitrogen and oxygen atoms in total. The highest BCUT2D eigenvalue weighted by Gasteiger charge is 2.33. The maximum Gasteiger partial charge on any atom is 0.337 e. The van der Waals surface area contributed by atoms with Gasteiger partial charge in [0.2, 0.25) is 0 Å². The number of carboxylic acids is 1. The molecule has 1 fully saturated rings. The zero-order chi connectivity index (χ0) is 10.9. The molecule has 1 saturated heterocycles. The number of nitrogens with zero attached hydrogens (tertiary/aromatic N) is 1. The number of pyridine rings is 1. The molecule has 0 spiro atoms. The molecule has 5 heteroatoms. The van der Waals surface area contributed by atoms with Gasteiger partial charge in [0.25, 0.3) is 0 Å². The third-order valence-electron chi connectivity index (χ3n) is 2.57. The molecule has 0 aromatic carbocycles. The Kier molecular flexibility index (Phi) is 2.42. The molecular weight excluding hydrogens is 196 g/mol. The Balaban J connectivity index is 2.26. The molecular formula is C10H12N2O3. The number of hydrogen-bond donors (Lipinski definition) is 2. The van der Waals surface area contributed by atoms with E-state index in [1.807, 2.05) is 0 Å². The summed E-state index contributed by atoms with van der Waals surface area (Å²) in [4.78, 5) is 14.7. The highest BCUT2D eigenvalue weighted by molar-refractivity contribution is 5.87. The average molecular weight is 208 g/mol. The molecule has 3 N–H and O–H groups in total. The molecule has 1 aromatic heterocycles. The van der Waals surface area contributed by atoms with Gasteiger partial charge < -0.3 is 15.6 Å². The van der Waals surface area contributed by atoms with Gasteiger partial charge in [-0.1, -0.05) is 0 Å². The van der Waals surface area contributed by atoms with Crippen LogP contribution in [-0.2, 0) is 10.3 Å². The molecule has 1 aliphatic rings. The van der Waals surface area contributed by atoms with Gasteiger partial charge in [0.05, 0.1) is 23.4 Å². The Labute approximate surface area is 86.9 Å². The van der Waals surface area contributed by atoms with E-state index in [2.05, 4.69) is 4.98 Å². The maximum atomic E-state index is 10.6. The molecule has 0 bridgehead atoms. The molecule has 1 atom stereocenters. The first kappa shape index (κ1) is 10.1. The summed E-state index contributed by atoms with van der Waals surface area (Å²) in [6.45, 7) is 1.06. The van der Waals surface area contributed by atoms with Crippen LogP contribution in [0.2, 0.25) is 0 Å². The van der Waals surface area contributed by atoms with E-state index in [0.717, 1.165) is 0 Å². The van der Waals surface area contributed by atoms with Gasteiger partial charge in [-0.15, -0.1) is 0 Å². The van der Waals surface area contributed by atoms with E-state index in [1.165, 1.54) is 12.3 Å². The van der Waals surface area contributed by atoms with Crippen molar-refractivity contribution in [1.29, 1.82) is 0 Å². The Morgan fingerprint density at radius 1 is 1.60 bits per heavy atom. The summed E-state index contributed by atoms with van der Waals surface area (Å²) >= 11 is 0. The van der Waals surface area contributed by atoms with Crippen LogP contribution in [0, 0.1) is 0 Å². The number of carbonyl (C=O) groups is 1. The molecule has 1 aliphatic heterocycles. The number of aromatic nitrogens is 1. The van der Waals surface area contributed by atoms with Crippen LogP contribution in [0.15, 0.2) is 18.3 Å². The lowest BCUT2D eigenvalue weighted by atomic mass is 9.95. The molecule has 0 saturated carbocycles. The van der Waals surface area contributed by atoms with Gasteiger partial charge in [-0.05, 0) is 18.6 Å². The molecule has 15 heavy (non-hydrogen) atoms. The Morgan fingerprint density at radius 3 is 2.87 bits per heavy atom. The zero-order valence-electron chi connectivity index (χ0n) is 8.14. The second kappa shape index (κ2) is 3.60. The van der Waals surface area contributed by atoms with E-state index >= 15 is 0 Å². The maximum absolute atomic E-state index is 10.6. The molecule has 80 valence electrons. The normalized spacial score (nSPS) is 25.4. The lowest BCUT2D eigenvalue weighted by Crippen LogP contribution is -2.37. The molecule has 1 unspecified atom stereocenters. The number of ether oxygens (including phenoxy) is 1. The molecule has 2 heterocycles. The first-order chi connectivity index (χ1) is 7.12. The molecule has 2 rings (SSSR count). The lowest BCUT2D eigenvalue weighted by Gasteiger charge is -2.20. The minimum atomic E-state index is -0.984. The minimum absolute atomic E-state index is 0.168. The number of carboxylic acid groups (broad SMARTS) is 1. The average Bonchev–Trinajstić information content (AvgIpc) is 2.67. The van der Waals surface area contributed by atoms with Crippen LogP contribution in [-0.4, -0.2) is 29.3 Å². The van der Waals surface area contributed by atoms with Crippen LogP contribution in [0.4, 0.5) is 0 Å². The van der Waals surface area contributed by atoms with Crippen molar-refractivity contribution in [2.24, 2.45) is 5.73 Å². The third kappa shape index (κ3) is 1.84. The monoisotopic (exact) mass is 208 g/mol. The van der Waals surface area contributed by atoms with Crippen LogP contribution < -0.4 is 5.73 Å². The summed E-state index contributed by atoms with van der Waals surface area (Å²) in [6, 6.07) is 3.16. The first-order valence-electron chi connectivity index (χ1n) is 4.68. The first-order valence-corrected chi connectivity index (χ1v) is 4.68. The largest absolute Gasteiger partial charge is 0.478 e. The van der Waals surface area contributed by atoms with Crippen molar-refractivity contribution in [1.82, 2.24) is 4.98 Å². The van der Waals surface area contributed by atoms with Crippen LogP contribution in [0.1, 0.15) is 22.5 Å². The third-order valence-corrected chi connectivity index (χ3v) is 2.57. The fraction of sp³-hybridized carbons (Fsp3) is 0.400. The second-order valence-electron chi connectivity index (χ2n) is 3.70. The Bertz CT molecular complexity index is 369. The van der Waals surface area contributed by atoms with Gasteiger partial charge in [-0.25, -0.2) is 4.79 Å². The molecule has 0 amide bonds. The van der Waals surface area contributed by atoms with Crippen LogP contribution in [0.3, 0.4) is 0 Å². The predicted molar refractivity (Wildman–Crippen MR) is 52.5 cm³/mol. The highest BCUT2D eigenvalue weighted by Crippen LogP contribution is 2.25. The van der Waals surface area contributed by atoms with Crippen LogP contribution in [0.25, 0.3) is 0 Å². The number of nitrogens with two attached hydrogens (primary N) is 1. The van der Waals surface area contributed by atoms with E-state index in [0.29, 0.717) is 25.3 Å². The topological polar surface area (TPSA) is 85.4 Å². The minimum Gasteiger partial charge on any atom is -0.478 e. The lowest BCUT2D eigenvalue weighted by molar-refractivity contribution is 0.0696. The standard InChI is InChI=1S/C10H12N2O3/c11-10(3-4-15-6-10)8-2-1-7(5-12-8)9(13)14/h1-2,5H,3-4,6,11H2,(H,13,14). The van der Waals surface area contributed by atoms with E-state index in [-0.39, 0.29) is 5.56 Å². The molecule has 0 radical (unpaired) electrons. The summed E-state index contributed by atoms with van der Waals surface area (Å²) < 4.78 is 5.21. The van der Waals surface area contributed by atoms with Gasteiger partial charge in [0, 0.05) is 12.8 Å². The van der Waals surface area contributed by atoms with Crippen LogP contribution >= 0.6 is 0 Å². The van der Waals surface area contributed by atoms with E-state index in [1.54, 1.807) is 6.07 Å². The Morgan fingerprint density at radius 2 is 2.40 bits per heavy atom. The number of aromatic carboxylic acids is 1.